The van der Waals surface area contributed by atoms with Crippen LogP contribution in [0.5, 0.6) is 0 Å². The van der Waals surface area contributed by atoms with E-state index in [-0.39, 0.29) is 0 Å². The second kappa shape index (κ2) is 4.79. The van der Waals surface area contributed by atoms with Crippen molar-refractivity contribution in [1.29, 1.82) is 0 Å². The highest BCUT2D eigenvalue weighted by molar-refractivity contribution is 7.99. The van der Waals surface area contributed by atoms with Crippen molar-refractivity contribution in [2.24, 2.45) is 0 Å². The number of nitrogens with zero attached hydrogens (tertiary/aromatic N) is 2. The Balaban J connectivity index is 1.83. The van der Waals surface area contributed by atoms with E-state index < -0.39 is 0 Å². The molecule has 102 valence electrons. The molecule has 2 heterocycles. The van der Waals surface area contributed by atoms with Crippen molar-refractivity contribution < 1.29 is 0 Å². The Labute approximate surface area is 125 Å². The largest absolute Gasteiger partial charge is 0.368 e. The van der Waals surface area contributed by atoms with E-state index in [9.17, 15) is 0 Å². The predicted molar refractivity (Wildman–Crippen MR) is 86.4 cm³/mol. The monoisotopic (exact) mass is 292 g/mol. The fraction of sp³-hybridized carbons (Fsp3) is 0. The minimum absolute atomic E-state index is 0.298. The van der Waals surface area contributed by atoms with Crippen molar-refractivity contribution in [3.05, 3.63) is 54.6 Å². The Morgan fingerprint density at radius 1 is 0.952 bits per heavy atom. The average molecular weight is 292 g/mol. The number of nitrogen functional groups attached to an aromatic ring is 1. The first-order chi connectivity index (χ1) is 10.3. The van der Waals surface area contributed by atoms with Crippen LogP contribution < -0.4 is 5.73 Å². The van der Waals surface area contributed by atoms with E-state index in [1.165, 1.54) is 5.39 Å². The topological polar surface area (TPSA) is 67.6 Å². The van der Waals surface area contributed by atoms with Crippen molar-refractivity contribution in [3.8, 4) is 0 Å². The zero-order valence-corrected chi connectivity index (χ0v) is 11.9. The van der Waals surface area contributed by atoms with Gasteiger partial charge in [-0.1, -0.05) is 48.2 Å². The number of rotatable bonds is 2. The van der Waals surface area contributed by atoms with Crippen molar-refractivity contribution in [1.82, 2.24) is 15.0 Å². The van der Waals surface area contributed by atoms with Gasteiger partial charge in [0.15, 0.2) is 0 Å². The SMILES string of the molecule is Nc1nc(Sc2cc3ccccc3[nH]2)c2ccccc2n1. The number of H-pyrrole nitrogens is 1. The number of aromatic nitrogens is 3. The van der Waals surface area contributed by atoms with E-state index in [2.05, 4.69) is 33.2 Å². The minimum Gasteiger partial charge on any atom is -0.368 e. The highest BCUT2D eigenvalue weighted by Crippen LogP contribution is 2.33. The zero-order chi connectivity index (χ0) is 14.2. The Morgan fingerprint density at radius 2 is 1.76 bits per heavy atom. The molecular formula is C16H12N4S. The van der Waals surface area contributed by atoms with Crippen LogP contribution in [0.25, 0.3) is 21.8 Å². The van der Waals surface area contributed by atoms with Crippen LogP contribution in [0.3, 0.4) is 0 Å². The molecule has 0 aliphatic heterocycles. The van der Waals surface area contributed by atoms with E-state index in [4.69, 9.17) is 5.73 Å². The third-order valence-electron chi connectivity index (χ3n) is 3.30. The van der Waals surface area contributed by atoms with Gasteiger partial charge in [-0.15, -0.1) is 0 Å². The van der Waals surface area contributed by atoms with Crippen LogP contribution in [0.1, 0.15) is 0 Å². The van der Waals surface area contributed by atoms with Crippen molar-refractivity contribution >= 4 is 39.5 Å². The molecule has 21 heavy (non-hydrogen) atoms. The molecule has 3 N–H and O–H groups in total. The maximum atomic E-state index is 5.81. The average Bonchev–Trinajstić information content (AvgIpc) is 2.89. The number of hydrogen-bond acceptors (Lipinski definition) is 4. The van der Waals surface area contributed by atoms with Gasteiger partial charge in [0.05, 0.1) is 10.5 Å². The molecule has 2 aromatic heterocycles. The molecule has 0 radical (unpaired) electrons. The number of anilines is 1. The number of nitrogens with one attached hydrogen (secondary N) is 1. The van der Waals surface area contributed by atoms with E-state index in [0.717, 1.165) is 26.5 Å². The molecule has 0 bridgehead atoms. The maximum absolute atomic E-state index is 5.81. The highest BCUT2D eigenvalue weighted by atomic mass is 32.2. The Morgan fingerprint density at radius 3 is 2.67 bits per heavy atom. The molecule has 4 rings (SSSR count). The summed E-state index contributed by atoms with van der Waals surface area (Å²) in [5.74, 6) is 0.298. The van der Waals surface area contributed by atoms with E-state index in [1.54, 1.807) is 11.8 Å². The summed E-state index contributed by atoms with van der Waals surface area (Å²) in [4.78, 5) is 12.0. The Bertz CT molecular complexity index is 912. The summed E-state index contributed by atoms with van der Waals surface area (Å²) in [6.45, 7) is 0. The lowest BCUT2D eigenvalue weighted by atomic mass is 10.2. The lowest BCUT2D eigenvalue weighted by molar-refractivity contribution is 1.11. The van der Waals surface area contributed by atoms with Gasteiger partial charge in [0.2, 0.25) is 5.95 Å². The minimum atomic E-state index is 0.298. The van der Waals surface area contributed by atoms with Crippen LogP contribution in [-0.2, 0) is 0 Å². The van der Waals surface area contributed by atoms with Crippen molar-refractivity contribution in [2.75, 3.05) is 5.73 Å². The van der Waals surface area contributed by atoms with Gasteiger partial charge in [-0.2, -0.15) is 0 Å². The third-order valence-corrected chi connectivity index (χ3v) is 4.24. The first kappa shape index (κ1) is 12.2. The summed E-state index contributed by atoms with van der Waals surface area (Å²) >= 11 is 1.57. The molecule has 0 aliphatic carbocycles. The Hall–Kier alpha value is -2.53. The molecule has 0 saturated carbocycles. The standard InChI is InChI=1S/C16H12N4S/c17-16-19-13-8-4-2-6-11(13)15(20-16)21-14-9-10-5-1-3-7-12(10)18-14/h1-9,18H,(H2,17,19,20). The first-order valence-corrected chi connectivity index (χ1v) is 7.39. The molecule has 4 aromatic rings. The third kappa shape index (κ3) is 2.21. The summed E-state index contributed by atoms with van der Waals surface area (Å²) in [7, 11) is 0. The summed E-state index contributed by atoms with van der Waals surface area (Å²) in [6, 6.07) is 18.2. The summed E-state index contributed by atoms with van der Waals surface area (Å²) in [5.41, 5.74) is 7.79. The van der Waals surface area contributed by atoms with Crippen LogP contribution in [0, 0.1) is 0 Å². The number of aromatic amines is 1. The lowest BCUT2D eigenvalue weighted by Gasteiger charge is -2.04. The summed E-state index contributed by atoms with van der Waals surface area (Å²) in [5, 5.41) is 4.10. The second-order valence-corrected chi connectivity index (χ2v) is 5.76. The van der Waals surface area contributed by atoms with Gasteiger partial charge in [-0.25, -0.2) is 9.97 Å². The molecule has 0 saturated heterocycles. The van der Waals surface area contributed by atoms with Gasteiger partial charge in [0.25, 0.3) is 0 Å². The molecule has 0 fully saturated rings. The van der Waals surface area contributed by atoms with Crippen molar-refractivity contribution in [2.45, 2.75) is 10.1 Å². The Kier molecular flexibility index (Phi) is 2.79. The number of para-hydroxylation sites is 2. The van der Waals surface area contributed by atoms with E-state index in [0.29, 0.717) is 5.95 Å². The van der Waals surface area contributed by atoms with Crippen LogP contribution in [-0.4, -0.2) is 15.0 Å². The number of benzene rings is 2. The first-order valence-electron chi connectivity index (χ1n) is 6.57. The fourth-order valence-corrected chi connectivity index (χ4v) is 3.33. The molecule has 0 amide bonds. The molecule has 2 aromatic carbocycles. The zero-order valence-electron chi connectivity index (χ0n) is 11.1. The maximum Gasteiger partial charge on any atom is 0.221 e. The van der Waals surface area contributed by atoms with Gasteiger partial charge in [-0.3, -0.25) is 0 Å². The van der Waals surface area contributed by atoms with E-state index in [1.807, 2.05) is 36.4 Å². The number of hydrogen-bond donors (Lipinski definition) is 2. The van der Waals surface area contributed by atoms with Crippen LogP contribution in [0.2, 0.25) is 0 Å². The van der Waals surface area contributed by atoms with Gasteiger partial charge in [-0.05, 0) is 18.2 Å². The molecule has 0 unspecified atom stereocenters. The fourth-order valence-electron chi connectivity index (χ4n) is 2.35. The van der Waals surface area contributed by atoms with Crippen LogP contribution in [0.15, 0.2) is 64.6 Å². The van der Waals surface area contributed by atoms with Crippen LogP contribution >= 0.6 is 11.8 Å². The van der Waals surface area contributed by atoms with Crippen molar-refractivity contribution in [3.63, 3.8) is 0 Å². The molecule has 5 heteroatoms. The number of fused-ring (bicyclic) bond motifs is 2. The molecule has 0 spiro atoms. The molecule has 0 aliphatic rings. The summed E-state index contributed by atoms with van der Waals surface area (Å²) < 4.78 is 0. The molecular weight excluding hydrogens is 280 g/mol. The van der Waals surface area contributed by atoms with Crippen LogP contribution in [0.4, 0.5) is 5.95 Å². The van der Waals surface area contributed by atoms with Gasteiger partial charge >= 0.3 is 0 Å². The smallest absolute Gasteiger partial charge is 0.221 e. The second-order valence-electron chi connectivity index (χ2n) is 4.73. The normalized spacial score (nSPS) is 11.2. The van der Waals surface area contributed by atoms with Gasteiger partial charge in [0.1, 0.15) is 5.03 Å². The lowest BCUT2D eigenvalue weighted by Crippen LogP contribution is -1.97. The van der Waals surface area contributed by atoms with E-state index >= 15 is 0 Å². The molecule has 0 atom stereocenters. The summed E-state index contributed by atoms with van der Waals surface area (Å²) in [6.07, 6.45) is 0. The quantitative estimate of drug-likeness (QED) is 0.551. The van der Waals surface area contributed by atoms with Gasteiger partial charge < -0.3 is 10.7 Å². The highest BCUT2D eigenvalue weighted by Gasteiger charge is 2.09. The molecule has 4 nitrogen and oxygen atoms in total. The van der Waals surface area contributed by atoms with Gasteiger partial charge in [0, 0.05) is 16.3 Å². The number of nitrogens with two attached hydrogens (primary N) is 1. The predicted octanol–water partition coefficient (Wildman–Crippen LogP) is 3.84.